The van der Waals surface area contributed by atoms with E-state index in [9.17, 15) is 10.2 Å². The average Bonchev–Trinajstić information content (AvgIpc) is 3.00. The molecule has 1 unspecified atom stereocenters. The number of benzene rings is 1. The lowest BCUT2D eigenvalue weighted by Gasteiger charge is -2.27. The standard InChI is InChI=1S/C19H22N4O2S/c1-12-16(8-9-24)26-18(22-12)19(25,15-6-4-3-5-7-15)10-14-11-21-13(2)23-17(14)20/h3-7,11,24-25H,8-10H2,1-2H3,(H2,20,21,23). The van der Waals surface area contributed by atoms with Gasteiger partial charge in [-0.05, 0) is 19.4 Å². The van der Waals surface area contributed by atoms with Crippen molar-refractivity contribution in [1.29, 1.82) is 0 Å². The highest BCUT2D eigenvalue weighted by Gasteiger charge is 2.36. The van der Waals surface area contributed by atoms with Gasteiger partial charge in [-0.2, -0.15) is 0 Å². The van der Waals surface area contributed by atoms with Crippen molar-refractivity contribution in [2.24, 2.45) is 0 Å². The summed E-state index contributed by atoms with van der Waals surface area (Å²) in [6.45, 7) is 3.71. The molecule has 0 amide bonds. The van der Waals surface area contributed by atoms with Crippen LogP contribution in [0.3, 0.4) is 0 Å². The van der Waals surface area contributed by atoms with Crippen LogP contribution in [0.4, 0.5) is 5.82 Å². The predicted molar refractivity (Wildman–Crippen MR) is 102 cm³/mol. The average molecular weight is 370 g/mol. The summed E-state index contributed by atoms with van der Waals surface area (Å²) < 4.78 is 0. The van der Waals surface area contributed by atoms with Crippen LogP contribution < -0.4 is 5.73 Å². The van der Waals surface area contributed by atoms with E-state index in [2.05, 4.69) is 15.0 Å². The van der Waals surface area contributed by atoms with Gasteiger partial charge in [-0.25, -0.2) is 15.0 Å². The first-order chi connectivity index (χ1) is 12.4. The molecule has 2 heterocycles. The van der Waals surface area contributed by atoms with E-state index < -0.39 is 5.60 Å². The molecule has 0 aliphatic carbocycles. The van der Waals surface area contributed by atoms with Crippen LogP contribution in [0.2, 0.25) is 0 Å². The summed E-state index contributed by atoms with van der Waals surface area (Å²) in [5.74, 6) is 0.945. The van der Waals surface area contributed by atoms with Crippen LogP contribution >= 0.6 is 11.3 Å². The van der Waals surface area contributed by atoms with Crippen molar-refractivity contribution >= 4 is 17.2 Å². The van der Waals surface area contributed by atoms with E-state index in [0.717, 1.165) is 16.1 Å². The quantitative estimate of drug-likeness (QED) is 0.614. The lowest BCUT2D eigenvalue weighted by atomic mass is 9.88. The van der Waals surface area contributed by atoms with Gasteiger partial charge in [0.2, 0.25) is 0 Å². The molecule has 1 aromatic carbocycles. The Hall–Kier alpha value is -2.35. The molecule has 7 heteroatoms. The second kappa shape index (κ2) is 7.49. The van der Waals surface area contributed by atoms with Crippen LogP contribution in [0.1, 0.15) is 32.5 Å². The minimum atomic E-state index is -1.35. The molecule has 1 atom stereocenters. The SMILES string of the molecule is Cc1ncc(CC(O)(c2ccccc2)c2nc(C)c(CCO)s2)c(N)n1. The number of anilines is 1. The topological polar surface area (TPSA) is 105 Å². The number of thiazole rings is 1. The van der Waals surface area contributed by atoms with Crippen molar-refractivity contribution in [3.63, 3.8) is 0 Å². The van der Waals surface area contributed by atoms with Crippen molar-refractivity contribution in [3.05, 3.63) is 69.1 Å². The summed E-state index contributed by atoms with van der Waals surface area (Å²) in [6.07, 6.45) is 2.39. The number of hydrogen-bond donors (Lipinski definition) is 3. The summed E-state index contributed by atoms with van der Waals surface area (Å²) in [7, 11) is 0. The van der Waals surface area contributed by atoms with Crippen molar-refractivity contribution in [3.8, 4) is 0 Å². The highest BCUT2D eigenvalue weighted by atomic mass is 32.1. The van der Waals surface area contributed by atoms with Crippen LogP contribution in [0.5, 0.6) is 0 Å². The predicted octanol–water partition coefficient (Wildman–Crippen LogP) is 2.15. The normalized spacial score (nSPS) is 13.5. The number of rotatable bonds is 6. The van der Waals surface area contributed by atoms with Gasteiger partial charge in [0.1, 0.15) is 22.3 Å². The Morgan fingerprint density at radius 3 is 2.54 bits per heavy atom. The summed E-state index contributed by atoms with van der Waals surface area (Å²) in [5, 5.41) is 21.5. The molecule has 3 aromatic rings. The van der Waals surface area contributed by atoms with Crippen molar-refractivity contribution in [2.45, 2.75) is 32.3 Å². The van der Waals surface area contributed by atoms with E-state index in [4.69, 9.17) is 5.73 Å². The Bertz CT molecular complexity index is 898. The fourth-order valence-corrected chi connectivity index (χ4v) is 4.04. The first kappa shape index (κ1) is 18.4. The molecule has 0 saturated heterocycles. The van der Waals surface area contributed by atoms with E-state index in [1.807, 2.05) is 37.3 Å². The molecule has 4 N–H and O–H groups in total. The maximum absolute atomic E-state index is 11.7. The highest BCUT2D eigenvalue weighted by molar-refractivity contribution is 7.11. The fourth-order valence-electron chi connectivity index (χ4n) is 2.88. The van der Waals surface area contributed by atoms with E-state index in [0.29, 0.717) is 28.6 Å². The maximum atomic E-state index is 11.7. The van der Waals surface area contributed by atoms with Gasteiger partial charge in [0.05, 0.1) is 5.69 Å². The molecule has 3 rings (SSSR count). The number of nitrogens with two attached hydrogens (primary N) is 1. The van der Waals surface area contributed by atoms with Crippen LogP contribution in [-0.4, -0.2) is 31.8 Å². The third-order valence-electron chi connectivity index (χ3n) is 4.30. The lowest BCUT2D eigenvalue weighted by Crippen LogP contribution is -2.30. The van der Waals surface area contributed by atoms with Gasteiger partial charge >= 0.3 is 0 Å². The highest BCUT2D eigenvalue weighted by Crippen LogP contribution is 2.37. The van der Waals surface area contributed by atoms with Crippen LogP contribution in [0.25, 0.3) is 0 Å². The van der Waals surface area contributed by atoms with Gasteiger partial charge in [0.15, 0.2) is 0 Å². The molecule has 2 aromatic heterocycles. The van der Waals surface area contributed by atoms with Crippen LogP contribution in [0, 0.1) is 13.8 Å². The second-order valence-corrected chi connectivity index (χ2v) is 7.32. The first-order valence-corrected chi connectivity index (χ1v) is 9.19. The maximum Gasteiger partial charge on any atom is 0.145 e. The Morgan fingerprint density at radius 2 is 1.88 bits per heavy atom. The van der Waals surface area contributed by atoms with Crippen molar-refractivity contribution in [2.75, 3.05) is 12.3 Å². The molecule has 0 radical (unpaired) electrons. The summed E-state index contributed by atoms with van der Waals surface area (Å²) in [5.41, 5.74) is 6.92. The molecule has 0 fully saturated rings. The molecule has 0 aliphatic rings. The third kappa shape index (κ3) is 3.60. The molecule has 0 spiro atoms. The zero-order valence-electron chi connectivity index (χ0n) is 14.8. The molecular formula is C19H22N4O2S. The minimum absolute atomic E-state index is 0.0466. The van der Waals surface area contributed by atoms with Gasteiger partial charge < -0.3 is 15.9 Å². The summed E-state index contributed by atoms with van der Waals surface area (Å²) in [4.78, 5) is 14.0. The monoisotopic (exact) mass is 370 g/mol. The molecule has 0 bridgehead atoms. The Morgan fingerprint density at radius 1 is 1.15 bits per heavy atom. The molecule has 6 nitrogen and oxygen atoms in total. The third-order valence-corrected chi connectivity index (χ3v) is 5.67. The van der Waals surface area contributed by atoms with Crippen molar-refractivity contribution in [1.82, 2.24) is 15.0 Å². The van der Waals surface area contributed by atoms with E-state index >= 15 is 0 Å². The number of aliphatic hydroxyl groups is 2. The Balaban J connectivity index is 2.09. The molecule has 136 valence electrons. The smallest absolute Gasteiger partial charge is 0.145 e. The number of aliphatic hydroxyl groups excluding tert-OH is 1. The number of nitrogens with zero attached hydrogens (tertiary/aromatic N) is 3. The second-order valence-electron chi connectivity index (χ2n) is 6.23. The van der Waals surface area contributed by atoms with E-state index in [-0.39, 0.29) is 13.0 Å². The molecule has 0 aliphatic heterocycles. The van der Waals surface area contributed by atoms with E-state index in [1.54, 1.807) is 13.1 Å². The number of hydrogen-bond acceptors (Lipinski definition) is 7. The summed E-state index contributed by atoms with van der Waals surface area (Å²) >= 11 is 1.41. The first-order valence-electron chi connectivity index (χ1n) is 8.37. The lowest BCUT2D eigenvalue weighted by molar-refractivity contribution is 0.0807. The van der Waals surface area contributed by atoms with Gasteiger partial charge in [0, 0.05) is 36.1 Å². The molecule has 26 heavy (non-hydrogen) atoms. The van der Waals surface area contributed by atoms with Gasteiger partial charge in [0.25, 0.3) is 0 Å². The molecular weight excluding hydrogens is 348 g/mol. The largest absolute Gasteiger partial charge is 0.396 e. The molecule has 0 saturated carbocycles. The Labute approximate surface area is 156 Å². The number of aryl methyl sites for hydroxylation is 2. The van der Waals surface area contributed by atoms with Crippen molar-refractivity contribution < 1.29 is 10.2 Å². The number of aromatic nitrogens is 3. The van der Waals surface area contributed by atoms with Crippen LogP contribution in [0.15, 0.2) is 36.5 Å². The zero-order valence-corrected chi connectivity index (χ0v) is 15.6. The Kier molecular flexibility index (Phi) is 5.31. The fraction of sp³-hybridized carbons (Fsp3) is 0.316. The van der Waals surface area contributed by atoms with E-state index in [1.165, 1.54) is 11.3 Å². The summed E-state index contributed by atoms with van der Waals surface area (Å²) in [6, 6.07) is 9.40. The van der Waals surface area contributed by atoms with Gasteiger partial charge in [-0.3, -0.25) is 0 Å². The zero-order chi connectivity index (χ0) is 18.7. The minimum Gasteiger partial charge on any atom is -0.396 e. The van der Waals surface area contributed by atoms with Gasteiger partial charge in [-0.15, -0.1) is 11.3 Å². The van der Waals surface area contributed by atoms with Crippen LogP contribution in [-0.2, 0) is 18.4 Å². The van der Waals surface area contributed by atoms with Gasteiger partial charge in [-0.1, -0.05) is 30.3 Å². The number of nitrogen functional groups attached to an aromatic ring is 1.